The van der Waals surface area contributed by atoms with Crippen molar-refractivity contribution in [3.05, 3.63) is 59.7 Å². The van der Waals surface area contributed by atoms with E-state index in [9.17, 15) is 14.4 Å². The topological polar surface area (TPSA) is 105 Å². The molecule has 2 atom stereocenters. The van der Waals surface area contributed by atoms with Crippen LogP contribution < -0.4 is 10.6 Å². The van der Waals surface area contributed by atoms with Gasteiger partial charge in [0.15, 0.2) is 0 Å². The van der Waals surface area contributed by atoms with Gasteiger partial charge in [0.1, 0.15) is 6.61 Å². The highest BCUT2D eigenvalue weighted by molar-refractivity contribution is 5.80. The Morgan fingerprint density at radius 1 is 1.00 bits per heavy atom. The molecule has 2 aliphatic carbocycles. The van der Waals surface area contributed by atoms with Gasteiger partial charge in [-0.15, -0.1) is 0 Å². The van der Waals surface area contributed by atoms with Crippen LogP contribution in [0.4, 0.5) is 4.79 Å². The van der Waals surface area contributed by atoms with E-state index < -0.39 is 17.6 Å². The summed E-state index contributed by atoms with van der Waals surface area (Å²) in [5.41, 5.74) is 4.11. The van der Waals surface area contributed by atoms with Crippen LogP contribution in [0.1, 0.15) is 63.0 Å². The highest BCUT2D eigenvalue weighted by Gasteiger charge is 2.34. The smallest absolute Gasteiger partial charge is 0.407 e. The van der Waals surface area contributed by atoms with Gasteiger partial charge in [-0.25, -0.2) is 4.79 Å². The van der Waals surface area contributed by atoms with Crippen LogP contribution in [0, 0.1) is 5.92 Å². The second kappa shape index (κ2) is 9.87. The van der Waals surface area contributed by atoms with Crippen molar-refractivity contribution in [1.29, 1.82) is 0 Å². The molecule has 0 bridgehead atoms. The maximum absolute atomic E-state index is 12.7. The largest absolute Gasteiger partial charge is 0.481 e. The Morgan fingerprint density at radius 2 is 1.62 bits per heavy atom. The number of alkyl carbamates (subject to hydrolysis) is 1. The maximum Gasteiger partial charge on any atom is 0.407 e. The molecule has 180 valence electrons. The van der Waals surface area contributed by atoms with Gasteiger partial charge in [0.2, 0.25) is 5.91 Å². The van der Waals surface area contributed by atoms with Gasteiger partial charge in [-0.2, -0.15) is 0 Å². The van der Waals surface area contributed by atoms with Crippen LogP contribution >= 0.6 is 0 Å². The number of amides is 2. The van der Waals surface area contributed by atoms with E-state index in [-0.39, 0.29) is 36.8 Å². The number of carbonyl (C=O) groups excluding carboxylic acids is 2. The average Bonchev–Trinajstić information content (AvgIpc) is 3.39. The summed E-state index contributed by atoms with van der Waals surface area (Å²) in [4.78, 5) is 36.0. The first-order chi connectivity index (χ1) is 16.2. The van der Waals surface area contributed by atoms with Gasteiger partial charge in [-0.1, -0.05) is 48.5 Å². The molecule has 2 aromatic carbocycles. The van der Waals surface area contributed by atoms with Crippen molar-refractivity contribution in [2.75, 3.05) is 6.61 Å². The van der Waals surface area contributed by atoms with E-state index in [0.717, 1.165) is 0 Å². The minimum absolute atomic E-state index is 0.00388. The van der Waals surface area contributed by atoms with Crippen LogP contribution in [-0.2, 0) is 14.3 Å². The third kappa shape index (κ3) is 5.41. The Balaban J connectivity index is 1.27. The quantitative estimate of drug-likeness (QED) is 0.535. The summed E-state index contributed by atoms with van der Waals surface area (Å²) in [5.74, 6) is -1.17. The Bertz CT molecular complexity index is 1030. The fraction of sp³-hybridized carbons (Fsp3) is 0.444. The van der Waals surface area contributed by atoms with Crippen LogP contribution in [0.25, 0.3) is 11.1 Å². The third-order valence-corrected chi connectivity index (χ3v) is 6.89. The van der Waals surface area contributed by atoms with Crippen molar-refractivity contribution in [3.63, 3.8) is 0 Å². The fourth-order valence-corrected chi connectivity index (χ4v) is 5.07. The highest BCUT2D eigenvalue weighted by Crippen LogP contribution is 2.44. The Labute approximate surface area is 199 Å². The van der Waals surface area contributed by atoms with Crippen molar-refractivity contribution >= 4 is 18.0 Å². The molecule has 0 radical (unpaired) electrons. The van der Waals surface area contributed by atoms with Gasteiger partial charge >= 0.3 is 12.1 Å². The molecule has 0 aromatic heterocycles. The first kappa shape index (κ1) is 23.8. The van der Waals surface area contributed by atoms with Crippen molar-refractivity contribution in [3.8, 4) is 11.1 Å². The monoisotopic (exact) mass is 464 g/mol. The molecular formula is C27H32N2O5. The second-order valence-electron chi connectivity index (χ2n) is 9.94. The zero-order chi connectivity index (χ0) is 24.3. The SMILES string of the molecule is CC(C)(CCC(=O)O)NC(=O)C1CCC(NC(=O)OCC2c3ccccc3-c3ccccc32)C1. The third-order valence-electron chi connectivity index (χ3n) is 6.89. The molecule has 2 amide bonds. The average molecular weight is 465 g/mol. The Kier molecular flexibility index (Phi) is 6.91. The van der Waals surface area contributed by atoms with Gasteiger partial charge in [-0.05, 0) is 61.8 Å². The molecule has 2 unspecified atom stereocenters. The van der Waals surface area contributed by atoms with Crippen molar-refractivity contribution in [2.24, 2.45) is 5.92 Å². The van der Waals surface area contributed by atoms with Gasteiger partial charge in [0.25, 0.3) is 0 Å². The van der Waals surface area contributed by atoms with E-state index in [1.165, 1.54) is 22.3 Å². The number of ether oxygens (including phenoxy) is 1. The van der Waals surface area contributed by atoms with Crippen molar-refractivity contribution in [2.45, 2.75) is 63.5 Å². The number of carboxylic acids is 1. The van der Waals surface area contributed by atoms with Gasteiger partial charge < -0.3 is 20.5 Å². The van der Waals surface area contributed by atoms with E-state index in [4.69, 9.17) is 9.84 Å². The molecule has 34 heavy (non-hydrogen) atoms. The normalized spacial score (nSPS) is 19.2. The molecular weight excluding hydrogens is 432 g/mol. The maximum atomic E-state index is 12.7. The molecule has 2 aromatic rings. The summed E-state index contributed by atoms with van der Waals surface area (Å²) in [6.45, 7) is 3.92. The molecule has 1 saturated carbocycles. The van der Waals surface area contributed by atoms with Crippen molar-refractivity contribution < 1.29 is 24.2 Å². The number of benzene rings is 2. The predicted molar refractivity (Wildman–Crippen MR) is 128 cm³/mol. The summed E-state index contributed by atoms with van der Waals surface area (Å²) < 4.78 is 5.63. The first-order valence-electron chi connectivity index (χ1n) is 11.9. The zero-order valence-corrected chi connectivity index (χ0v) is 19.7. The summed E-state index contributed by atoms with van der Waals surface area (Å²) in [6, 6.07) is 16.3. The molecule has 0 saturated heterocycles. The number of hydrogen-bond acceptors (Lipinski definition) is 4. The van der Waals surface area contributed by atoms with E-state index in [1.807, 2.05) is 38.1 Å². The molecule has 2 aliphatic rings. The molecule has 0 aliphatic heterocycles. The van der Waals surface area contributed by atoms with Gasteiger partial charge in [-0.3, -0.25) is 9.59 Å². The number of hydrogen-bond donors (Lipinski definition) is 3. The molecule has 4 rings (SSSR count). The zero-order valence-electron chi connectivity index (χ0n) is 19.7. The van der Waals surface area contributed by atoms with Gasteiger partial charge in [0, 0.05) is 29.8 Å². The van der Waals surface area contributed by atoms with Crippen LogP contribution in [0.5, 0.6) is 0 Å². The summed E-state index contributed by atoms with van der Waals surface area (Å²) in [6.07, 6.45) is 1.83. The lowest BCUT2D eigenvalue weighted by molar-refractivity contribution is -0.138. The fourth-order valence-electron chi connectivity index (χ4n) is 5.07. The minimum atomic E-state index is -0.879. The number of aliphatic carboxylic acids is 1. The predicted octanol–water partition coefficient (Wildman–Crippen LogP) is 4.45. The number of fused-ring (bicyclic) bond motifs is 3. The van der Waals surface area contributed by atoms with Crippen LogP contribution in [0.2, 0.25) is 0 Å². The standard InChI is InChI=1S/C27H32N2O5/c1-27(2,14-13-24(30)31)29-25(32)17-11-12-18(15-17)28-26(33)34-16-23-21-9-5-3-7-19(21)20-8-4-6-10-22(20)23/h3-10,17-18,23H,11-16H2,1-2H3,(H,28,33)(H,29,32)(H,30,31). The highest BCUT2D eigenvalue weighted by atomic mass is 16.5. The molecule has 0 spiro atoms. The molecule has 7 heteroatoms. The number of carbonyl (C=O) groups is 3. The number of rotatable bonds is 8. The lowest BCUT2D eigenvalue weighted by Gasteiger charge is -2.27. The Morgan fingerprint density at radius 3 is 2.24 bits per heavy atom. The summed E-state index contributed by atoms with van der Waals surface area (Å²) in [5, 5.41) is 14.8. The van der Waals surface area contributed by atoms with E-state index in [0.29, 0.717) is 25.7 Å². The minimum Gasteiger partial charge on any atom is -0.481 e. The second-order valence-corrected chi connectivity index (χ2v) is 9.94. The first-order valence-corrected chi connectivity index (χ1v) is 11.9. The van der Waals surface area contributed by atoms with Crippen molar-refractivity contribution in [1.82, 2.24) is 10.6 Å². The lowest BCUT2D eigenvalue weighted by atomic mass is 9.96. The van der Waals surface area contributed by atoms with E-state index in [1.54, 1.807) is 0 Å². The molecule has 7 nitrogen and oxygen atoms in total. The lowest BCUT2D eigenvalue weighted by Crippen LogP contribution is -2.46. The van der Waals surface area contributed by atoms with Gasteiger partial charge in [0.05, 0.1) is 0 Å². The van der Waals surface area contributed by atoms with Crippen LogP contribution in [-0.4, -0.2) is 41.3 Å². The number of carboxylic acid groups (broad SMARTS) is 1. The molecule has 0 heterocycles. The van der Waals surface area contributed by atoms with E-state index in [2.05, 4.69) is 34.9 Å². The summed E-state index contributed by atoms with van der Waals surface area (Å²) in [7, 11) is 0. The van der Waals surface area contributed by atoms with Crippen LogP contribution in [0.3, 0.4) is 0 Å². The van der Waals surface area contributed by atoms with E-state index >= 15 is 0 Å². The van der Waals surface area contributed by atoms with Crippen LogP contribution in [0.15, 0.2) is 48.5 Å². The molecule has 1 fully saturated rings. The number of nitrogens with one attached hydrogen (secondary N) is 2. The molecule has 3 N–H and O–H groups in total. The Hall–Kier alpha value is -3.35. The summed E-state index contributed by atoms with van der Waals surface area (Å²) >= 11 is 0.